The number of aliphatic hydroxyl groups is 1. The van der Waals surface area contributed by atoms with Gasteiger partial charge >= 0.3 is 0 Å². The van der Waals surface area contributed by atoms with Crippen LogP contribution in [0.4, 0.5) is 8.78 Å². The van der Waals surface area contributed by atoms with Gasteiger partial charge in [-0.3, -0.25) is 9.59 Å². The van der Waals surface area contributed by atoms with Gasteiger partial charge in [-0.05, 0) is 61.7 Å². The van der Waals surface area contributed by atoms with Crippen molar-refractivity contribution in [2.24, 2.45) is 28.6 Å². The van der Waals surface area contributed by atoms with E-state index in [-0.39, 0.29) is 41.1 Å². The van der Waals surface area contributed by atoms with E-state index in [1.165, 1.54) is 18.2 Å². The molecule has 8 atom stereocenters. The summed E-state index contributed by atoms with van der Waals surface area (Å²) in [6.45, 7) is 3.50. The van der Waals surface area contributed by atoms with E-state index >= 15 is 8.78 Å². The summed E-state index contributed by atoms with van der Waals surface area (Å²) in [6, 6.07) is 0. The maximum absolute atomic E-state index is 16.6. The number of hydrogen-bond donors (Lipinski definition) is 2. The van der Waals surface area contributed by atoms with Gasteiger partial charge in [-0.1, -0.05) is 13.0 Å². The van der Waals surface area contributed by atoms with Crippen molar-refractivity contribution in [2.45, 2.75) is 57.5 Å². The Morgan fingerprint density at radius 2 is 2.00 bits per heavy atom. The molecule has 0 heterocycles. The Labute approximate surface area is 157 Å². The lowest BCUT2D eigenvalue weighted by molar-refractivity contribution is -0.201. The molecule has 0 bridgehead atoms. The van der Waals surface area contributed by atoms with E-state index < -0.39 is 34.7 Å². The number of fused-ring (bicyclic) bond motifs is 5. The number of alkyl halides is 2. The first kappa shape index (κ1) is 18.4. The largest absolute Gasteiger partial charge is 0.390 e. The zero-order valence-corrected chi connectivity index (χ0v) is 15.8. The molecule has 0 aromatic carbocycles. The van der Waals surface area contributed by atoms with E-state index in [1.807, 2.05) is 6.92 Å². The Bertz CT molecular complexity index is 749. The summed E-state index contributed by atoms with van der Waals surface area (Å²) in [5.41, 5.74) is -3.86. The van der Waals surface area contributed by atoms with Gasteiger partial charge in [0.05, 0.1) is 6.10 Å². The molecule has 26 heavy (non-hydrogen) atoms. The normalized spacial score (nSPS) is 52.8. The predicted octanol–water partition coefficient (Wildman–Crippen LogP) is 3.38. The molecule has 0 spiro atoms. The highest BCUT2D eigenvalue weighted by Gasteiger charge is 2.72. The summed E-state index contributed by atoms with van der Waals surface area (Å²) < 4.78 is 31.7. The van der Waals surface area contributed by atoms with Gasteiger partial charge in [0.2, 0.25) is 0 Å². The van der Waals surface area contributed by atoms with Crippen LogP contribution in [0.2, 0.25) is 0 Å². The highest BCUT2D eigenvalue weighted by atomic mass is 32.1. The van der Waals surface area contributed by atoms with Gasteiger partial charge in [-0.25, -0.2) is 8.78 Å². The Kier molecular flexibility index (Phi) is 3.89. The van der Waals surface area contributed by atoms with E-state index in [2.05, 4.69) is 12.6 Å². The van der Waals surface area contributed by atoms with Crippen LogP contribution in [-0.2, 0) is 9.59 Å². The Hall–Kier alpha value is -1.01. The summed E-state index contributed by atoms with van der Waals surface area (Å²) in [5.74, 6) is -1.59. The molecule has 0 saturated heterocycles. The first-order valence-corrected chi connectivity index (χ1v) is 9.69. The molecule has 6 unspecified atom stereocenters. The standard InChI is InChI=1S/C20H24F2O3S/c1-18-9-16(24)20(22)13(11(18)3-4-12(18)17(25)26)8-15(21)14-7-10(23)5-6-19(14,20)2/h5-7,11-13,15-16,24H,3-4,8-9H2,1-2H3,(H,25,26)/t11?,12?,13?,15-,16?,18?,19?,20-/m0/s1. The number of ketones is 1. The van der Waals surface area contributed by atoms with Crippen molar-refractivity contribution in [3.63, 3.8) is 0 Å². The Morgan fingerprint density at radius 1 is 1.31 bits per heavy atom. The number of thiol groups is 1. The molecule has 0 amide bonds. The number of aliphatic hydroxyl groups excluding tert-OH is 1. The molecule has 0 radical (unpaired) electrons. The molecule has 1 N–H and O–H groups in total. The number of rotatable bonds is 1. The fraction of sp³-hybridized carbons (Fsp3) is 0.700. The quantitative estimate of drug-likeness (QED) is 0.684. The van der Waals surface area contributed by atoms with Crippen LogP contribution in [0.1, 0.15) is 39.5 Å². The van der Waals surface area contributed by atoms with Crippen LogP contribution in [0.15, 0.2) is 23.8 Å². The third-order valence-electron chi connectivity index (χ3n) is 7.92. The molecule has 0 aliphatic heterocycles. The fourth-order valence-corrected chi connectivity index (χ4v) is 7.03. The maximum Gasteiger partial charge on any atom is 0.189 e. The van der Waals surface area contributed by atoms with Crippen LogP contribution in [0.25, 0.3) is 0 Å². The van der Waals surface area contributed by atoms with Gasteiger partial charge in [-0.2, -0.15) is 0 Å². The molecule has 4 aliphatic carbocycles. The van der Waals surface area contributed by atoms with E-state index in [1.54, 1.807) is 6.92 Å². The molecule has 3 saturated carbocycles. The molecule has 0 aromatic heterocycles. The van der Waals surface area contributed by atoms with Crippen LogP contribution in [0.3, 0.4) is 0 Å². The van der Waals surface area contributed by atoms with Crippen molar-refractivity contribution in [3.8, 4) is 0 Å². The second-order valence-electron chi connectivity index (χ2n) is 8.92. The van der Waals surface area contributed by atoms with E-state index in [4.69, 9.17) is 0 Å². The molecular formula is C20H24F2O3S. The molecule has 3 fully saturated rings. The number of carbonyl (C=O) groups is 2. The molecule has 142 valence electrons. The maximum atomic E-state index is 16.6. The van der Waals surface area contributed by atoms with Crippen molar-refractivity contribution in [3.05, 3.63) is 23.8 Å². The van der Waals surface area contributed by atoms with Gasteiger partial charge in [0, 0.05) is 17.3 Å². The number of carbonyl (C=O) groups excluding carboxylic acids is 2. The predicted molar refractivity (Wildman–Crippen MR) is 96.1 cm³/mol. The Morgan fingerprint density at radius 3 is 2.65 bits per heavy atom. The summed E-state index contributed by atoms with van der Waals surface area (Å²) in [4.78, 5) is 23.7. The van der Waals surface area contributed by atoms with E-state index in [0.717, 1.165) is 0 Å². The lowest BCUT2D eigenvalue weighted by atomic mass is 9.45. The third kappa shape index (κ3) is 2.03. The molecule has 4 aliphatic rings. The number of hydrogen-bond acceptors (Lipinski definition) is 3. The Balaban J connectivity index is 1.84. The van der Waals surface area contributed by atoms with Crippen LogP contribution in [-0.4, -0.2) is 33.9 Å². The average molecular weight is 382 g/mol. The fourth-order valence-electron chi connectivity index (χ4n) is 6.61. The van der Waals surface area contributed by atoms with Gasteiger partial charge < -0.3 is 5.11 Å². The summed E-state index contributed by atoms with van der Waals surface area (Å²) in [5, 5.41) is 10.7. The zero-order chi connectivity index (χ0) is 19.1. The van der Waals surface area contributed by atoms with Crippen molar-refractivity contribution in [2.75, 3.05) is 0 Å². The first-order chi connectivity index (χ1) is 12.1. The van der Waals surface area contributed by atoms with Crippen molar-refractivity contribution >= 4 is 23.5 Å². The number of halogens is 2. The topological polar surface area (TPSA) is 54.4 Å². The second-order valence-corrected chi connectivity index (χ2v) is 9.36. The van der Waals surface area contributed by atoms with E-state index in [0.29, 0.717) is 12.8 Å². The van der Waals surface area contributed by atoms with Crippen LogP contribution < -0.4 is 0 Å². The SMILES string of the molecule is CC12CC(O)[C@@]3(F)C(C[C@H](F)C4=CC(=O)C=CC43C)C1CCC2C(=O)S. The van der Waals surface area contributed by atoms with Gasteiger partial charge in [0.25, 0.3) is 0 Å². The van der Waals surface area contributed by atoms with Crippen molar-refractivity contribution in [1.82, 2.24) is 0 Å². The first-order valence-electron chi connectivity index (χ1n) is 9.25. The minimum absolute atomic E-state index is 0.0656. The molecular weight excluding hydrogens is 358 g/mol. The lowest BCUT2D eigenvalue weighted by Crippen LogP contribution is -2.68. The molecule has 6 heteroatoms. The van der Waals surface area contributed by atoms with Gasteiger partial charge in [0.1, 0.15) is 6.17 Å². The molecule has 4 rings (SSSR count). The monoisotopic (exact) mass is 382 g/mol. The van der Waals surface area contributed by atoms with Crippen molar-refractivity contribution < 1.29 is 23.5 Å². The van der Waals surface area contributed by atoms with Gasteiger partial charge in [0.15, 0.2) is 16.6 Å². The van der Waals surface area contributed by atoms with Gasteiger partial charge in [-0.15, -0.1) is 12.6 Å². The highest BCUT2D eigenvalue weighted by molar-refractivity contribution is 7.96. The third-order valence-corrected chi connectivity index (χ3v) is 8.24. The minimum atomic E-state index is -2.06. The summed E-state index contributed by atoms with van der Waals surface area (Å²) >= 11 is 4.01. The van der Waals surface area contributed by atoms with E-state index in [9.17, 15) is 14.7 Å². The van der Waals surface area contributed by atoms with Crippen molar-refractivity contribution in [1.29, 1.82) is 0 Å². The summed E-state index contributed by atoms with van der Waals surface area (Å²) in [7, 11) is 0. The molecule has 3 nitrogen and oxygen atoms in total. The molecule has 0 aromatic rings. The van der Waals surface area contributed by atoms with Crippen LogP contribution >= 0.6 is 12.6 Å². The lowest BCUT2D eigenvalue weighted by Gasteiger charge is -2.62. The van der Waals surface area contributed by atoms with Crippen LogP contribution in [0, 0.1) is 28.6 Å². The smallest absolute Gasteiger partial charge is 0.189 e. The zero-order valence-electron chi connectivity index (χ0n) is 14.9. The average Bonchev–Trinajstić information content (AvgIpc) is 2.89. The minimum Gasteiger partial charge on any atom is -0.390 e. The second kappa shape index (κ2) is 5.51. The number of allylic oxidation sites excluding steroid dienone is 4. The van der Waals surface area contributed by atoms with Crippen LogP contribution in [0.5, 0.6) is 0 Å². The highest BCUT2D eigenvalue weighted by Crippen LogP contribution is 2.69. The summed E-state index contributed by atoms with van der Waals surface area (Å²) in [6.07, 6.45) is 2.43.